The van der Waals surface area contributed by atoms with Crippen molar-refractivity contribution in [2.24, 2.45) is 0 Å². The van der Waals surface area contributed by atoms with E-state index in [2.05, 4.69) is 0 Å². The van der Waals surface area contributed by atoms with E-state index in [9.17, 15) is 9.59 Å². The summed E-state index contributed by atoms with van der Waals surface area (Å²) in [5, 5.41) is 8.85. The Kier molecular flexibility index (Phi) is 3.83. The van der Waals surface area contributed by atoms with Crippen LogP contribution in [0.3, 0.4) is 0 Å². The van der Waals surface area contributed by atoms with Crippen LogP contribution in [0.2, 0.25) is 0 Å². The molecule has 0 aliphatic carbocycles. The van der Waals surface area contributed by atoms with Gasteiger partial charge in [-0.1, -0.05) is 18.2 Å². The van der Waals surface area contributed by atoms with E-state index in [1.807, 2.05) is 24.3 Å². The van der Waals surface area contributed by atoms with Crippen LogP contribution in [-0.4, -0.2) is 41.3 Å². The van der Waals surface area contributed by atoms with E-state index >= 15 is 0 Å². The number of carboxylic acid groups (broad SMARTS) is 1. The Morgan fingerprint density at radius 3 is 2.85 bits per heavy atom. The molecule has 1 fully saturated rings. The number of rotatable bonds is 5. The second-order valence-corrected chi connectivity index (χ2v) is 5.06. The highest BCUT2D eigenvalue weighted by Gasteiger charge is 2.43. The Morgan fingerprint density at radius 2 is 2.20 bits per heavy atom. The molecule has 1 atom stereocenters. The SMILES string of the molecule is COc1ccccc1CN1CC(C)(CC(=O)O)OC1=O. The number of hydrogen-bond donors (Lipinski definition) is 1. The van der Waals surface area contributed by atoms with Crippen LogP contribution in [0.1, 0.15) is 18.9 Å². The van der Waals surface area contributed by atoms with Crippen LogP contribution in [0.4, 0.5) is 4.79 Å². The van der Waals surface area contributed by atoms with Gasteiger partial charge < -0.3 is 14.6 Å². The van der Waals surface area contributed by atoms with Crippen LogP contribution in [0.5, 0.6) is 5.75 Å². The minimum Gasteiger partial charge on any atom is -0.496 e. The molecular formula is C14H17NO5. The van der Waals surface area contributed by atoms with Crippen molar-refractivity contribution in [2.75, 3.05) is 13.7 Å². The number of cyclic esters (lactones) is 1. The van der Waals surface area contributed by atoms with Crippen molar-refractivity contribution >= 4 is 12.1 Å². The molecule has 0 bridgehead atoms. The van der Waals surface area contributed by atoms with Gasteiger partial charge in [-0.2, -0.15) is 0 Å². The third-order valence-electron chi connectivity index (χ3n) is 3.20. The molecule has 20 heavy (non-hydrogen) atoms. The summed E-state index contributed by atoms with van der Waals surface area (Å²) in [6.07, 6.45) is -0.707. The number of carbonyl (C=O) groups is 2. The summed E-state index contributed by atoms with van der Waals surface area (Å²) in [4.78, 5) is 24.1. The zero-order valence-electron chi connectivity index (χ0n) is 11.5. The predicted octanol–water partition coefficient (Wildman–Crippen LogP) is 1.88. The predicted molar refractivity (Wildman–Crippen MR) is 70.5 cm³/mol. The standard InChI is InChI=1S/C14H17NO5/c1-14(7-12(16)17)9-15(13(18)20-14)8-10-5-3-4-6-11(10)19-2/h3-6H,7-9H2,1-2H3,(H,16,17). The van der Waals surface area contributed by atoms with Gasteiger partial charge in [0.15, 0.2) is 0 Å². The smallest absolute Gasteiger partial charge is 0.410 e. The van der Waals surface area contributed by atoms with Gasteiger partial charge in [-0.05, 0) is 13.0 Å². The lowest BCUT2D eigenvalue weighted by atomic mass is 10.0. The van der Waals surface area contributed by atoms with Crippen molar-refractivity contribution in [2.45, 2.75) is 25.5 Å². The number of para-hydroxylation sites is 1. The number of amides is 1. The van der Waals surface area contributed by atoms with E-state index in [-0.39, 0.29) is 13.0 Å². The molecule has 1 amide bonds. The zero-order chi connectivity index (χ0) is 14.8. The van der Waals surface area contributed by atoms with Crippen molar-refractivity contribution in [3.63, 3.8) is 0 Å². The van der Waals surface area contributed by atoms with Crippen LogP contribution < -0.4 is 4.74 Å². The van der Waals surface area contributed by atoms with Crippen molar-refractivity contribution in [1.82, 2.24) is 4.90 Å². The van der Waals surface area contributed by atoms with Crippen molar-refractivity contribution in [3.05, 3.63) is 29.8 Å². The van der Waals surface area contributed by atoms with E-state index < -0.39 is 17.7 Å². The number of hydrogen-bond acceptors (Lipinski definition) is 4. The molecular weight excluding hydrogens is 262 g/mol. The lowest BCUT2D eigenvalue weighted by Gasteiger charge is -2.19. The van der Waals surface area contributed by atoms with Gasteiger partial charge >= 0.3 is 12.1 Å². The summed E-state index contributed by atoms with van der Waals surface area (Å²) in [6, 6.07) is 7.38. The minimum atomic E-state index is -0.987. The summed E-state index contributed by atoms with van der Waals surface area (Å²) < 4.78 is 10.4. The van der Waals surface area contributed by atoms with Gasteiger partial charge in [0.2, 0.25) is 0 Å². The summed E-state index contributed by atoms with van der Waals surface area (Å²) >= 11 is 0. The molecule has 6 nitrogen and oxygen atoms in total. The molecule has 0 radical (unpaired) electrons. The molecule has 1 aliphatic rings. The number of ether oxygens (including phenoxy) is 2. The molecule has 0 aromatic heterocycles. The Labute approximate surface area is 116 Å². The monoisotopic (exact) mass is 279 g/mol. The van der Waals surface area contributed by atoms with E-state index in [0.717, 1.165) is 5.56 Å². The molecule has 1 aromatic carbocycles. The minimum absolute atomic E-state index is 0.207. The number of aliphatic carboxylic acids is 1. The first-order chi connectivity index (χ1) is 9.43. The summed E-state index contributed by atoms with van der Waals surface area (Å²) in [5.74, 6) is -0.299. The Balaban J connectivity index is 2.11. The fraction of sp³-hybridized carbons (Fsp3) is 0.429. The van der Waals surface area contributed by atoms with Crippen LogP contribution in [-0.2, 0) is 16.1 Å². The first-order valence-electron chi connectivity index (χ1n) is 6.25. The number of nitrogens with zero attached hydrogens (tertiary/aromatic N) is 1. The molecule has 1 aliphatic heterocycles. The lowest BCUT2D eigenvalue weighted by molar-refractivity contribution is -0.140. The third-order valence-corrected chi connectivity index (χ3v) is 3.20. The fourth-order valence-electron chi connectivity index (χ4n) is 2.35. The number of carbonyl (C=O) groups excluding carboxylic acids is 1. The highest BCUT2D eigenvalue weighted by Crippen LogP contribution is 2.29. The van der Waals surface area contributed by atoms with E-state index in [0.29, 0.717) is 12.3 Å². The average molecular weight is 279 g/mol. The van der Waals surface area contributed by atoms with Crippen LogP contribution in [0.15, 0.2) is 24.3 Å². The first kappa shape index (κ1) is 14.2. The van der Waals surface area contributed by atoms with Gasteiger partial charge in [-0.3, -0.25) is 9.69 Å². The quantitative estimate of drug-likeness (QED) is 0.890. The van der Waals surface area contributed by atoms with Crippen LogP contribution >= 0.6 is 0 Å². The van der Waals surface area contributed by atoms with Gasteiger partial charge in [-0.25, -0.2) is 4.79 Å². The van der Waals surface area contributed by atoms with Crippen molar-refractivity contribution in [1.29, 1.82) is 0 Å². The second-order valence-electron chi connectivity index (χ2n) is 5.06. The van der Waals surface area contributed by atoms with Gasteiger partial charge in [0, 0.05) is 5.56 Å². The maximum absolute atomic E-state index is 11.8. The summed E-state index contributed by atoms with van der Waals surface area (Å²) in [5.41, 5.74) is -0.128. The molecule has 1 aromatic rings. The Morgan fingerprint density at radius 1 is 1.50 bits per heavy atom. The lowest BCUT2D eigenvalue weighted by Crippen LogP contribution is -2.33. The first-order valence-corrected chi connectivity index (χ1v) is 6.25. The molecule has 1 heterocycles. The van der Waals surface area contributed by atoms with Gasteiger partial charge in [-0.15, -0.1) is 0 Å². The van der Waals surface area contributed by atoms with E-state index in [4.69, 9.17) is 14.6 Å². The van der Waals surface area contributed by atoms with Crippen molar-refractivity contribution in [3.8, 4) is 5.75 Å². The summed E-state index contributed by atoms with van der Waals surface area (Å²) in [7, 11) is 1.57. The molecule has 2 rings (SSSR count). The fourth-order valence-corrected chi connectivity index (χ4v) is 2.35. The normalized spacial score (nSPS) is 21.7. The Bertz CT molecular complexity index is 530. The van der Waals surface area contributed by atoms with Crippen molar-refractivity contribution < 1.29 is 24.2 Å². The van der Waals surface area contributed by atoms with Crippen LogP contribution in [0.25, 0.3) is 0 Å². The molecule has 1 N–H and O–H groups in total. The van der Waals surface area contributed by atoms with E-state index in [1.54, 1.807) is 14.0 Å². The molecule has 0 saturated carbocycles. The number of carboxylic acids is 1. The highest BCUT2D eigenvalue weighted by molar-refractivity contribution is 5.74. The number of methoxy groups -OCH3 is 1. The Hall–Kier alpha value is -2.24. The van der Waals surface area contributed by atoms with Gasteiger partial charge in [0.25, 0.3) is 0 Å². The molecule has 108 valence electrons. The highest BCUT2D eigenvalue weighted by atomic mass is 16.6. The maximum Gasteiger partial charge on any atom is 0.410 e. The van der Waals surface area contributed by atoms with E-state index in [1.165, 1.54) is 4.90 Å². The third kappa shape index (κ3) is 3.01. The van der Waals surface area contributed by atoms with Gasteiger partial charge in [0.05, 0.1) is 26.6 Å². The maximum atomic E-state index is 11.8. The van der Waals surface area contributed by atoms with Gasteiger partial charge in [0.1, 0.15) is 11.4 Å². The average Bonchev–Trinajstić information content (AvgIpc) is 2.63. The molecule has 1 unspecified atom stereocenters. The number of benzene rings is 1. The zero-order valence-corrected chi connectivity index (χ0v) is 11.5. The summed E-state index contributed by atoms with van der Waals surface area (Å²) in [6.45, 7) is 2.20. The van der Waals surface area contributed by atoms with Crippen LogP contribution in [0, 0.1) is 0 Å². The molecule has 6 heteroatoms. The second kappa shape index (κ2) is 5.40. The largest absolute Gasteiger partial charge is 0.496 e. The topological polar surface area (TPSA) is 76.1 Å². The molecule has 0 spiro atoms. The molecule has 1 saturated heterocycles.